The first-order chi connectivity index (χ1) is 5.33. The number of hydrogen-bond acceptors (Lipinski definition) is 1. The summed E-state index contributed by atoms with van der Waals surface area (Å²) in [4.78, 5) is 0. The summed E-state index contributed by atoms with van der Waals surface area (Å²) >= 11 is 0. The van der Waals surface area contributed by atoms with E-state index in [0.29, 0.717) is 6.10 Å². The molecule has 0 aliphatic heterocycles. The van der Waals surface area contributed by atoms with E-state index in [1.807, 2.05) is 21.0 Å². The van der Waals surface area contributed by atoms with Crippen LogP contribution < -0.4 is 0 Å². The highest BCUT2D eigenvalue weighted by atomic mass is 16.5. The molecular formula is C10H22O. The Morgan fingerprint density at radius 3 is 2.18 bits per heavy atom. The summed E-state index contributed by atoms with van der Waals surface area (Å²) in [5, 5.41) is 0. The summed E-state index contributed by atoms with van der Waals surface area (Å²) in [6.07, 6.45) is 5.88. The van der Waals surface area contributed by atoms with Gasteiger partial charge < -0.3 is 4.74 Å². The van der Waals surface area contributed by atoms with E-state index >= 15 is 0 Å². The van der Waals surface area contributed by atoms with E-state index in [1.165, 1.54) is 25.7 Å². The number of methoxy groups -OCH3 is 1. The molecule has 2 atom stereocenters. The van der Waals surface area contributed by atoms with Gasteiger partial charge in [0.15, 0.2) is 0 Å². The predicted molar refractivity (Wildman–Crippen MR) is 49.8 cm³/mol. The van der Waals surface area contributed by atoms with Gasteiger partial charge in [-0.2, -0.15) is 0 Å². The first-order valence-electron chi connectivity index (χ1n) is 4.85. The van der Waals surface area contributed by atoms with Crippen molar-refractivity contribution in [1.29, 1.82) is 0 Å². The zero-order valence-corrected chi connectivity index (χ0v) is 8.39. The largest absolute Gasteiger partial charge is 0.381 e. The van der Waals surface area contributed by atoms with Crippen LogP contribution in [0, 0.1) is 5.92 Å². The molecule has 0 saturated heterocycles. The lowest BCUT2D eigenvalue weighted by Crippen LogP contribution is -2.19. The smallest absolute Gasteiger partial charge is 0.0573 e. The van der Waals surface area contributed by atoms with Crippen LogP contribution in [0.4, 0.5) is 0 Å². The van der Waals surface area contributed by atoms with Gasteiger partial charge in [0.25, 0.3) is 0 Å². The number of rotatable bonds is 1. The van der Waals surface area contributed by atoms with Gasteiger partial charge in [-0.15, -0.1) is 0 Å². The minimum Gasteiger partial charge on any atom is -0.381 e. The fraction of sp³-hybridized carbons (Fsp3) is 1.00. The Bertz CT molecular complexity index is 80.9. The Hall–Kier alpha value is -0.0400. The van der Waals surface area contributed by atoms with E-state index in [9.17, 15) is 0 Å². The second-order valence-electron chi connectivity index (χ2n) is 3.13. The van der Waals surface area contributed by atoms with Crippen LogP contribution in [0.2, 0.25) is 0 Å². The van der Waals surface area contributed by atoms with Crippen molar-refractivity contribution in [3.63, 3.8) is 0 Å². The monoisotopic (exact) mass is 158 g/mol. The zero-order chi connectivity index (χ0) is 8.69. The van der Waals surface area contributed by atoms with Gasteiger partial charge in [-0.1, -0.05) is 33.6 Å². The lowest BCUT2D eigenvalue weighted by Gasteiger charge is -2.25. The third kappa shape index (κ3) is 4.41. The maximum atomic E-state index is 5.26. The van der Waals surface area contributed by atoms with Crippen molar-refractivity contribution in [3.05, 3.63) is 0 Å². The highest BCUT2D eigenvalue weighted by Crippen LogP contribution is 2.24. The van der Waals surface area contributed by atoms with Crippen LogP contribution in [-0.4, -0.2) is 13.2 Å². The van der Waals surface area contributed by atoms with Crippen molar-refractivity contribution in [2.24, 2.45) is 5.92 Å². The van der Waals surface area contributed by atoms with E-state index in [1.54, 1.807) is 0 Å². The summed E-state index contributed by atoms with van der Waals surface area (Å²) in [7, 11) is 1.82. The highest BCUT2D eigenvalue weighted by Gasteiger charge is 2.17. The average Bonchev–Trinajstić information content (AvgIpc) is 2.08. The topological polar surface area (TPSA) is 9.23 Å². The van der Waals surface area contributed by atoms with Gasteiger partial charge in [0.1, 0.15) is 0 Å². The van der Waals surface area contributed by atoms with Crippen LogP contribution in [0.5, 0.6) is 0 Å². The van der Waals surface area contributed by atoms with E-state index in [0.717, 1.165) is 5.92 Å². The van der Waals surface area contributed by atoms with Crippen molar-refractivity contribution in [2.45, 2.75) is 52.6 Å². The molecule has 0 aromatic heterocycles. The lowest BCUT2D eigenvalue weighted by molar-refractivity contribution is 0.0542. The van der Waals surface area contributed by atoms with Gasteiger partial charge in [-0.25, -0.2) is 0 Å². The highest BCUT2D eigenvalue weighted by molar-refractivity contribution is 4.69. The second kappa shape index (κ2) is 6.66. The molecule has 0 heterocycles. The van der Waals surface area contributed by atoms with Gasteiger partial charge in [0, 0.05) is 7.11 Å². The molecule has 0 bridgehead atoms. The molecule has 0 N–H and O–H groups in total. The summed E-state index contributed by atoms with van der Waals surface area (Å²) in [5.41, 5.74) is 0. The summed E-state index contributed by atoms with van der Waals surface area (Å²) in [6, 6.07) is 0. The van der Waals surface area contributed by atoms with E-state index in [4.69, 9.17) is 4.74 Å². The van der Waals surface area contributed by atoms with Crippen molar-refractivity contribution in [3.8, 4) is 0 Å². The quantitative estimate of drug-likeness (QED) is 0.569. The van der Waals surface area contributed by atoms with Crippen LogP contribution in [0.1, 0.15) is 46.5 Å². The standard InChI is InChI=1S/C8H16O.C2H6/c1-7-4-3-5-8(6-7)9-2;1-2/h7-8H,3-6H2,1-2H3;1-2H3. The fourth-order valence-corrected chi connectivity index (χ4v) is 1.59. The normalized spacial score (nSPS) is 30.5. The number of ether oxygens (including phenoxy) is 1. The van der Waals surface area contributed by atoms with Crippen LogP contribution in [0.25, 0.3) is 0 Å². The molecule has 2 unspecified atom stereocenters. The first-order valence-corrected chi connectivity index (χ1v) is 4.85. The molecule has 1 aliphatic rings. The lowest BCUT2D eigenvalue weighted by atomic mass is 9.89. The number of hydrogen-bond donors (Lipinski definition) is 0. The molecule has 0 aromatic carbocycles. The molecule has 1 fully saturated rings. The summed E-state index contributed by atoms with van der Waals surface area (Å²) < 4.78 is 5.26. The molecule has 0 aromatic rings. The fourth-order valence-electron chi connectivity index (χ4n) is 1.59. The molecule has 0 radical (unpaired) electrons. The average molecular weight is 158 g/mol. The van der Waals surface area contributed by atoms with Crippen LogP contribution in [0.3, 0.4) is 0 Å². The molecule has 1 rings (SSSR count). The molecule has 1 heteroatoms. The molecule has 0 amide bonds. The Balaban J connectivity index is 0.000000461. The third-order valence-corrected chi connectivity index (χ3v) is 2.22. The maximum Gasteiger partial charge on any atom is 0.0573 e. The van der Waals surface area contributed by atoms with Gasteiger partial charge in [0.05, 0.1) is 6.10 Å². The maximum absolute atomic E-state index is 5.26. The van der Waals surface area contributed by atoms with Crippen LogP contribution in [-0.2, 0) is 4.74 Å². The Morgan fingerprint density at radius 2 is 1.82 bits per heavy atom. The Morgan fingerprint density at radius 1 is 1.18 bits per heavy atom. The van der Waals surface area contributed by atoms with Crippen molar-refractivity contribution < 1.29 is 4.74 Å². The Labute approximate surface area is 71.1 Å². The minimum atomic E-state index is 0.564. The Kier molecular flexibility index (Phi) is 6.63. The summed E-state index contributed by atoms with van der Waals surface area (Å²) in [6.45, 7) is 6.31. The molecule has 68 valence electrons. The SMILES string of the molecule is CC.COC1CCCC(C)C1. The third-order valence-electron chi connectivity index (χ3n) is 2.22. The van der Waals surface area contributed by atoms with Crippen LogP contribution in [0.15, 0.2) is 0 Å². The second-order valence-corrected chi connectivity index (χ2v) is 3.13. The molecule has 1 saturated carbocycles. The van der Waals surface area contributed by atoms with E-state index in [2.05, 4.69) is 6.92 Å². The predicted octanol–water partition coefficient (Wildman–Crippen LogP) is 3.24. The molecule has 1 nitrogen and oxygen atoms in total. The van der Waals surface area contributed by atoms with Gasteiger partial charge >= 0.3 is 0 Å². The molecular weight excluding hydrogens is 136 g/mol. The van der Waals surface area contributed by atoms with E-state index < -0.39 is 0 Å². The van der Waals surface area contributed by atoms with Crippen LogP contribution >= 0.6 is 0 Å². The van der Waals surface area contributed by atoms with E-state index in [-0.39, 0.29) is 0 Å². The first kappa shape index (κ1) is 11.0. The van der Waals surface area contributed by atoms with Gasteiger partial charge in [-0.05, 0) is 18.8 Å². The molecule has 1 aliphatic carbocycles. The van der Waals surface area contributed by atoms with Crippen molar-refractivity contribution in [2.75, 3.05) is 7.11 Å². The van der Waals surface area contributed by atoms with Gasteiger partial charge in [-0.3, -0.25) is 0 Å². The van der Waals surface area contributed by atoms with Gasteiger partial charge in [0.2, 0.25) is 0 Å². The summed E-state index contributed by atoms with van der Waals surface area (Å²) in [5.74, 6) is 0.892. The van der Waals surface area contributed by atoms with Crippen molar-refractivity contribution >= 4 is 0 Å². The molecule has 11 heavy (non-hydrogen) atoms. The van der Waals surface area contributed by atoms with Crippen molar-refractivity contribution in [1.82, 2.24) is 0 Å². The zero-order valence-electron chi connectivity index (χ0n) is 8.39. The minimum absolute atomic E-state index is 0.564. The molecule has 0 spiro atoms.